The molecule has 0 bridgehead atoms. The third-order valence-corrected chi connectivity index (χ3v) is 4.86. The van der Waals surface area contributed by atoms with Crippen molar-refractivity contribution in [2.75, 3.05) is 25.0 Å². The molecule has 0 aliphatic carbocycles. The molecule has 4 rings (SSSR count). The SMILES string of the molecule is CCN1CC(Nc2nnc(-c3ccc(C(F)(F)F)cc3O)c3cccnc23)C1. The van der Waals surface area contributed by atoms with Gasteiger partial charge in [-0.3, -0.25) is 9.88 Å². The maximum atomic E-state index is 12.9. The normalized spacial score (nSPS) is 15.6. The Morgan fingerprint density at radius 3 is 2.68 bits per heavy atom. The summed E-state index contributed by atoms with van der Waals surface area (Å²) in [5.74, 6) is 0.0130. The van der Waals surface area contributed by atoms with Gasteiger partial charge in [0.15, 0.2) is 5.82 Å². The van der Waals surface area contributed by atoms with Crippen molar-refractivity contribution in [3.8, 4) is 17.0 Å². The number of nitrogens with one attached hydrogen (secondary N) is 1. The third-order valence-electron chi connectivity index (χ3n) is 4.86. The molecule has 2 N–H and O–H groups in total. The largest absolute Gasteiger partial charge is 0.507 e. The number of hydrogen-bond acceptors (Lipinski definition) is 6. The van der Waals surface area contributed by atoms with Crippen LogP contribution in [0.3, 0.4) is 0 Å². The molecule has 1 fully saturated rings. The molecule has 1 aromatic carbocycles. The van der Waals surface area contributed by atoms with E-state index in [1.165, 1.54) is 6.07 Å². The number of phenolic OH excluding ortho intramolecular Hbond substituents is 1. The van der Waals surface area contributed by atoms with E-state index < -0.39 is 17.5 Å². The number of pyridine rings is 1. The highest BCUT2D eigenvalue weighted by Gasteiger charge is 2.31. The molecule has 1 aliphatic rings. The topological polar surface area (TPSA) is 74.2 Å². The lowest BCUT2D eigenvalue weighted by Crippen LogP contribution is -2.54. The first-order chi connectivity index (χ1) is 13.4. The van der Waals surface area contributed by atoms with Gasteiger partial charge in [-0.15, -0.1) is 10.2 Å². The van der Waals surface area contributed by atoms with Gasteiger partial charge in [0.2, 0.25) is 0 Å². The van der Waals surface area contributed by atoms with Gasteiger partial charge in [-0.05, 0) is 36.9 Å². The van der Waals surface area contributed by atoms with E-state index in [-0.39, 0.29) is 17.3 Å². The molecule has 0 atom stereocenters. The van der Waals surface area contributed by atoms with Gasteiger partial charge in [0, 0.05) is 30.2 Å². The Labute approximate surface area is 159 Å². The first-order valence-corrected chi connectivity index (χ1v) is 8.87. The van der Waals surface area contributed by atoms with Crippen molar-refractivity contribution < 1.29 is 18.3 Å². The van der Waals surface area contributed by atoms with Crippen LogP contribution < -0.4 is 5.32 Å². The van der Waals surface area contributed by atoms with Crippen molar-refractivity contribution >= 4 is 16.7 Å². The Morgan fingerprint density at radius 1 is 1.21 bits per heavy atom. The number of aromatic hydroxyl groups is 1. The highest BCUT2D eigenvalue weighted by Crippen LogP contribution is 2.38. The van der Waals surface area contributed by atoms with E-state index in [0.717, 1.165) is 25.7 Å². The lowest BCUT2D eigenvalue weighted by atomic mass is 10.0. The molecule has 3 heterocycles. The number of hydrogen-bond donors (Lipinski definition) is 2. The summed E-state index contributed by atoms with van der Waals surface area (Å²) in [5, 5.41) is 22.5. The summed E-state index contributed by atoms with van der Waals surface area (Å²) in [4.78, 5) is 6.64. The molecule has 6 nitrogen and oxygen atoms in total. The summed E-state index contributed by atoms with van der Waals surface area (Å²) in [6, 6.07) is 6.52. The number of aromatic nitrogens is 3. The summed E-state index contributed by atoms with van der Waals surface area (Å²) >= 11 is 0. The Bertz CT molecular complexity index is 1020. The molecule has 28 heavy (non-hydrogen) atoms. The molecule has 146 valence electrons. The number of nitrogens with zero attached hydrogens (tertiary/aromatic N) is 4. The molecule has 3 aromatic rings. The maximum Gasteiger partial charge on any atom is 0.416 e. The third kappa shape index (κ3) is 3.33. The van der Waals surface area contributed by atoms with E-state index in [2.05, 4.69) is 32.3 Å². The van der Waals surface area contributed by atoms with E-state index in [0.29, 0.717) is 22.8 Å². The van der Waals surface area contributed by atoms with Crippen molar-refractivity contribution in [2.24, 2.45) is 0 Å². The maximum absolute atomic E-state index is 12.9. The quantitative estimate of drug-likeness (QED) is 0.711. The minimum atomic E-state index is -4.53. The molecule has 0 saturated carbocycles. The van der Waals surface area contributed by atoms with Crippen LogP contribution in [0.2, 0.25) is 0 Å². The average molecular weight is 389 g/mol. The summed E-state index contributed by atoms with van der Waals surface area (Å²) in [6.07, 6.45) is -2.92. The van der Waals surface area contributed by atoms with Crippen LogP contribution in [0.4, 0.5) is 19.0 Å². The number of fused-ring (bicyclic) bond motifs is 1. The summed E-state index contributed by atoms with van der Waals surface area (Å²) in [6.45, 7) is 4.87. The fourth-order valence-electron chi connectivity index (χ4n) is 3.30. The van der Waals surface area contributed by atoms with Gasteiger partial charge in [0.05, 0.1) is 11.6 Å². The Balaban J connectivity index is 1.72. The van der Waals surface area contributed by atoms with Crippen LogP contribution in [0.25, 0.3) is 22.2 Å². The Morgan fingerprint density at radius 2 is 2.00 bits per heavy atom. The van der Waals surface area contributed by atoms with Crippen molar-refractivity contribution in [2.45, 2.75) is 19.1 Å². The molecule has 9 heteroatoms. The molecular weight excluding hydrogens is 371 g/mol. The Hall–Kier alpha value is -2.94. The Kier molecular flexibility index (Phi) is 4.54. The van der Waals surface area contributed by atoms with Gasteiger partial charge >= 0.3 is 6.18 Å². The van der Waals surface area contributed by atoms with Crippen LogP contribution in [0.5, 0.6) is 5.75 Å². The first kappa shape index (κ1) is 18.4. The number of anilines is 1. The fourth-order valence-corrected chi connectivity index (χ4v) is 3.30. The zero-order valence-electron chi connectivity index (χ0n) is 15.0. The average Bonchev–Trinajstić information content (AvgIpc) is 2.63. The second-order valence-electron chi connectivity index (χ2n) is 6.72. The number of halogens is 3. The number of likely N-dealkylation sites (N-methyl/N-ethyl adjacent to an activating group) is 1. The van der Waals surface area contributed by atoms with Gasteiger partial charge in [-0.25, -0.2) is 0 Å². The van der Waals surface area contributed by atoms with Crippen LogP contribution in [-0.4, -0.2) is 50.9 Å². The van der Waals surface area contributed by atoms with E-state index >= 15 is 0 Å². The van der Waals surface area contributed by atoms with Gasteiger partial charge in [-0.1, -0.05) is 6.92 Å². The lowest BCUT2D eigenvalue weighted by molar-refractivity contribution is -0.137. The van der Waals surface area contributed by atoms with Crippen LogP contribution in [-0.2, 0) is 6.18 Å². The standard InChI is InChI=1S/C19H18F3N5O/c1-2-27-9-12(10-27)24-18-17-14(4-3-7-23-17)16(25-26-18)13-6-5-11(8-15(13)28)19(20,21)22/h3-8,12,28H,2,9-10H2,1H3,(H,24,26). The minimum Gasteiger partial charge on any atom is -0.507 e. The van der Waals surface area contributed by atoms with Crippen molar-refractivity contribution in [3.05, 3.63) is 42.1 Å². The smallest absolute Gasteiger partial charge is 0.416 e. The van der Waals surface area contributed by atoms with E-state index in [4.69, 9.17) is 0 Å². The number of alkyl halides is 3. The molecule has 0 amide bonds. The monoisotopic (exact) mass is 389 g/mol. The van der Waals surface area contributed by atoms with E-state index in [1.54, 1.807) is 18.3 Å². The number of phenols is 1. The summed E-state index contributed by atoms with van der Waals surface area (Å²) < 4.78 is 38.6. The number of likely N-dealkylation sites (tertiary alicyclic amines) is 1. The lowest BCUT2D eigenvalue weighted by Gasteiger charge is -2.39. The fraction of sp³-hybridized carbons (Fsp3) is 0.316. The number of benzene rings is 1. The van der Waals surface area contributed by atoms with Gasteiger partial charge < -0.3 is 10.4 Å². The van der Waals surface area contributed by atoms with E-state index in [1.807, 2.05) is 0 Å². The zero-order valence-corrected chi connectivity index (χ0v) is 15.0. The van der Waals surface area contributed by atoms with Gasteiger partial charge in [-0.2, -0.15) is 13.2 Å². The molecule has 0 unspecified atom stereocenters. The van der Waals surface area contributed by atoms with Crippen LogP contribution in [0, 0.1) is 0 Å². The van der Waals surface area contributed by atoms with Crippen LogP contribution in [0.1, 0.15) is 12.5 Å². The molecular formula is C19H18F3N5O. The predicted molar refractivity (Wildman–Crippen MR) is 99.0 cm³/mol. The zero-order chi connectivity index (χ0) is 19.9. The summed E-state index contributed by atoms with van der Waals surface area (Å²) in [7, 11) is 0. The van der Waals surface area contributed by atoms with Crippen molar-refractivity contribution in [1.29, 1.82) is 0 Å². The van der Waals surface area contributed by atoms with Crippen LogP contribution in [0.15, 0.2) is 36.5 Å². The van der Waals surface area contributed by atoms with Crippen molar-refractivity contribution in [3.63, 3.8) is 0 Å². The highest BCUT2D eigenvalue weighted by atomic mass is 19.4. The second-order valence-corrected chi connectivity index (χ2v) is 6.72. The van der Waals surface area contributed by atoms with Gasteiger partial charge in [0.1, 0.15) is 17.0 Å². The predicted octanol–water partition coefficient (Wildman–Crippen LogP) is 3.53. The molecule has 2 aromatic heterocycles. The van der Waals surface area contributed by atoms with Crippen molar-refractivity contribution in [1.82, 2.24) is 20.1 Å². The van der Waals surface area contributed by atoms with E-state index in [9.17, 15) is 18.3 Å². The summed E-state index contributed by atoms with van der Waals surface area (Å²) in [5.41, 5.74) is 0.0872. The molecule has 0 spiro atoms. The van der Waals surface area contributed by atoms with Gasteiger partial charge in [0.25, 0.3) is 0 Å². The minimum absolute atomic E-state index is 0.172. The first-order valence-electron chi connectivity index (χ1n) is 8.87. The highest BCUT2D eigenvalue weighted by molar-refractivity contribution is 5.98. The molecule has 1 aliphatic heterocycles. The molecule has 1 saturated heterocycles. The molecule has 0 radical (unpaired) electrons. The second kappa shape index (κ2) is 6.90. The van der Waals surface area contributed by atoms with Crippen LogP contribution >= 0.6 is 0 Å². The number of rotatable bonds is 4.